The van der Waals surface area contributed by atoms with Crippen LogP contribution in [0.5, 0.6) is 0 Å². The van der Waals surface area contributed by atoms with Gasteiger partial charge in [-0.05, 0) is 70.2 Å². The number of pyridine rings is 1. The summed E-state index contributed by atoms with van der Waals surface area (Å²) in [6, 6.07) is 13.0. The molecule has 4 aromatic rings. The van der Waals surface area contributed by atoms with Crippen molar-refractivity contribution in [2.75, 3.05) is 23.9 Å². The highest BCUT2D eigenvalue weighted by atomic mass is 32.1. The number of carbonyl (C=O) groups excluding carboxylic acids is 2. The molecule has 1 aromatic carbocycles. The van der Waals surface area contributed by atoms with E-state index in [2.05, 4.69) is 10.4 Å². The van der Waals surface area contributed by atoms with Crippen LogP contribution in [-0.2, 0) is 4.74 Å². The Morgan fingerprint density at radius 3 is 2.53 bits per heavy atom. The molecule has 0 bridgehead atoms. The average Bonchev–Trinajstić information content (AvgIpc) is 3.45. The summed E-state index contributed by atoms with van der Waals surface area (Å²) in [5.41, 5.74) is 3.20. The van der Waals surface area contributed by atoms with Crippen LogP contribution in [0, 0.1) is 6.92 Å². The van der Waals surface area contributed by atoms with Gasteiger partial charge >= 0.3 is 6.09 Å². The van der Waals surface area contributed by atoms with Gasteiger partial charge in [-0.15, -0.1) is 11.3 Å². The van der Waals surface area contributed by atoms with Gasteiger partial charge in [0.2, 0.25) is 0 Å². The van der Waals surface area contributed by atoms with Crippen molar-refractivity contribution in [1.82, 2.24) is 14.8 Å². The molecule has 8 nitrogen and oxygen atoms in total. The maximum atomic E-state index is 13.4. The Balaban J connectivity index is 1.66. The Hall–Kier alpha value is -3.72. The van der Waals surface area contributed by atoms with Crippen LogP contribution in [0.4, 0.5) is 16.2 Å². The summed E-state index contributed by atoms with van der Waals surface area (Å²) in [5.74, 6) is -0.253. The number of hydrogen-bond acceptors (Lipinski definition) is 6. The molecule has 0 aliphatic rings. The minimum absolute atomic E-state index is 0.102. The molecule has 9 heteroatoms. The van der Waals surface area contributed by atoms with Crippen molar-refractivity contribution in [3.8, 4) is 10.6 Å². The van der Waals surface area contributed by atoms with Crippen molar-refractivity contribution in [2.24, 2.45) is 0 Å². The smallest absolute Gasteiger partial charge is 0.413 e. The van der Waals surface area contributed by atoms with Gasteiger partial charge in [0, 0.05) is 29.3 Å². The number of aryl methyl sites for hydroxylation is 1. The lowest BCUT2D eigenvalue weighted by molar-refractivity contribution is 0.102. The number of fused-ring (bicyclic) bond motifs is 1. The van der Waals surface area contributed by atoms with Crippen molar-refractivity contribution in [2.45, 2.75) is 33.7 Å². The summed E-state index contributed by atoms with van der Waals surface area (Å²) in [7, 11) is 1.64. The van der Waals surface area contributed by atoms with Crippen LogP contribution < -0.4 is 10.2 Å². The lowest BCUT2D eigenvalue weighted by atomic mass is 10.1. The predicted octanol–water partition coefficient (Wildman–Crippen LogP) is 5.89. The summed E-state index contributed by atoms with van der Waals surface area (Å²) in [6.45, 7) is 8.17. The van der Waals surface area contributed by atoms with Crippen LogP contribution >= 0.6 is 11.3 Å². The highest BCUT2D eigenvalue weighted by Gasteiger charge is 2.19. The van der Waals surface area contributed by atoms with Crippen LogP contribution in [0.25, 0.3) is 21.6 Å². The molecule has 0 spiro atoms. The van der Waals surface area contributed by atoms with Gasteiger partial charge in [0.1, 0.15) is 0 Å². The quantitative estimate of drug-likeness (QED) is 0.374. The van der Waals surface area contributed by atoms with Crippen molar-refractivity contribution in [3.05, 3.63) is 59.1 Å². The molecule has 0 radical (unpaired) electrons. The van der Waals surface area contributed by atoms with Crippen LogP contribution in [0.3, 0.4) is 0 Å². The second-order valence-corrected chi connectivity index (χ2v) is 9.43. The SMILES string of the molecule is CCOC(=O)N(C)c1ccc(NC(=O)c2cc(-c3ccc(C)s3)nc3c2cnn3C(C)C)cc1. The molecule has 176 valence electrons. The van der Waals surface area contributed by atoms with E-state index in [4.69, 9.17) is 9.72 Å². The number of ether oxygens (including phenoxy) is 1. The minimum Gasteiger partial charge on any atom is -0.449 e. The lowest BCUT2D eigenvalue weighted by Crippen LogP contribution is -2.26. The Morgan fingerprint density at radius 1 is 1.18 bits per heavy atom. The molecular formula is C25H27N5O3S. The Kier molecular flexibility index (Phi) is 6.65. The molecule has 0 atom stereocenters. The third kappa shape index (κ3) is 4.65. The third-order valence-corrected chi connectivity index (χ3v) is 6.37. The second kappa shape index (κ2) is 9.64. The average molecular weight is 478 g/mol. The first-order valence-electron chi connectivity index (χ1n) is 11.1. The molecule has 3 aromatic heterocycles. The molecule has 2 amide bonds. The summed E-state index contributed by atoms with van der Waals surface area (Å²) in [4.78, 5) is 33.7. The molecule has 3 heterocycles. The van der Waals surface area contributed by atoms with E-state index in [9.17, 15) is 9.59 Å². The van der Waals surface area contributed by atoms with Crippen molar-refractivity contribution >= 4 is 45.7 Å². The van der Waals surface area contributed by atoms with E-state index in [1.165, 1.54) is 9.78 Å². The fourth-order valence-corrected chi connectivity index (χ4v) is 4.40. The molecule has 4 rings (SSSR count). The van der Waals surface area contributed by atoms with Gasteiger partial charge in [0.05, 0.1) is 34.3 Å². The molecular weight excluding hydrogens is 450 g/mol. The number of thiophene rings is 1. The van der Waals surface area contributed by atoms with E-state index in [0.717, 1.165) is 10.6 Å². The number of benzene rings is 1. The molecule has 0 fully saturated rings. The van der Waals surface area contributed by atoms with Crippen LogP contribution in [0.15, 0.2) is 48.7 Å². The Bertz CT molecular complexity index is 1340. The summed E-state index contributed by atoms with van der Waals surface area (Å²) < 4.78 is 6.85. The van der Waals surface area contributed by atoms with Gasteiger partial charge in [-0.2, -0.15) is 5.10 Å². The van der Waals surface area contributed by atoms with E-state index in [-0.39, 0.29) is 11.9 Å². The Morgan fingerprint density at radius 2 is 1.91 bits per heavy atom. The van der Waals surface area contributed by atoms with Crippen molar-refractivity contribution < 1.29 is 14.3 Å². The molecule has 34 heavy (non-hydrogen) atoms. The number of amides is 2. The zero-order valence-corrected chi connectivity index (χ0v) is 20.6. The minimum atomic E-state index is -0.433. The normalized spacial score (nSPS) is 11.1. The van der Waals surface area contributed by atoms with E-state index in [1.807, 2.05) is 43.7 Å². The summed E-state index contributed by atoms with van der Waals surface area (Å²) >= 11 is 1.63. The van der Waals surface area contributed by atoms with Gasteiger partial charge in [0.25, 0.3) is 5.91 Å². The van der Waals surface area contributed by atoms with Gasteiger partial charge in [-0.1, -0.05) is 0 Å². The highest BCUT2D eigenvalue weighted by molar-refractivity contribution is 7.15. The van der Waals surface area contributed by atoms with Crippen molar-refractivity contribution in [3.63, 3.8) is 0 Å². The summed E-state index contributed by atoms with van der Waals surface area (Å²) in [6.07, 6.45) is 1.26. The van der Waals surface area contributed by atoms with Crippen molar-refractivity contribution in [1.29, 1.82) is 0 Å². The number of hydrogen-bond donors (Lipinski definition) is 1. The number of rotatable bonds is 6. The number of nitrogens with zero attached hydrogens (tertiary/aromatic N) is 4. The fourth-order valence-electron chi connectivity index (χ4n) is 3.57. The zero-order valence-electron chi connectivity index (χ0n) is 19.8. The number of nitrogens with one attached hydrogen (secondary N) is 1. The summed E-state index contributed by atoms with van der Waals surface area (Å²) in [5, 5.41) is 8.13. The first-order chi connectivity index (χ1) is 16.3. The van der Waals surface area contributed by atoms with Crippen LogP contribution in [0.1, 0.15) is 42.0 Å². The first-order valence-corrected chi connectivity index (χ1v) is 11.9. The lowest BCUT2D eigenvalue weighted by Gasteiger charge is -2.17. The zero-order chi connectivity index (χ0) is 24.4. The first kappa shape index (κ1) is 23.4. The van der Waals surface area contributed by atoms with Crippen LogP contribution in [-0.4, -0.2) is 40.4 Å². The van der Waals surface area contributed by atoms with Crippen LogP contribution in [0.2, 0.25) is 0 Å². The van der Waals surface area contributed by atoms with E-state index in [0.29, 0.717) is 34.6 Å². The number of aromatic nitrogens is 3. The largest absolute Gasteiger partial charge is 0.449 e. The number of anilines is 2. The van der Waals surface area contributed by atoms with E-state index in [1.54, 1.807) is 55.8 Å². The molecule has 0 saturated heterocycles. The second-order valence-electron chi connectivity index (χ2n) is 8.14. The van der Waals surface area contributed by atoms with E-state index < -0.39 is 6.09 Å². The Labute approximate surface area is 202 Å². The van der Waals surface area contributed by atoms with Gasteiger partial charge in [0.15, 0.2) is 5.65 Å². The molecule has 1 N–H and O–H groups in total. The standard InChI is InChI=1S/C25H27N5O3S/c1-6-33-25(32)29(5)18-10-8-17(9-11-18)27-24(31)19-13-21(22-12-7-16(4)34-22)28-23-20(19)14-26-30(23)15(2)3/h7-15H,6H2,1-5H3,(H,27,31). The molecule has 0 saturated carbocycles. The van der Waals surface area contributed by atoms with Gasteiger partial charge in [-0.25, -0.2) is 14.5 Å². The fraction of sp³-hybridized carbons (Fsp3) is 0.280. The topological polar surface area (TPSA) is 89.3 Å². The maximum Gasteiger partial charge on any atom is 0.413 e. The molecule has 0 aliphatic carbocycles. The number of carbonyl (C=O) groups is 2. The predicted molar refractivity (Wildman–Crippen MR) is 136 cm³/mol. The maximum absolute atomic E-state index is 13.4. The van der Waals surface area contributed by atoms with Gasteiger partial charge in [-0.3, -0.25) is 9.69 Å². The highest BCUT2D eigenvalue weighted by Crippen LogP contribution is 2.31. The molecule has 0 unspecified atom stereocenters. The third-order valence-electron chi connectivity index (χ3n) is 5.35. The molecule has 0 aliphatic heterocycles. The monoisotopic (exact) mass is 477 g/mol. The van der Waals surface area contributed by atoms with E-state index >= 15 is 0 Å². The van der Waals surface area contributed by atoms with Gasteiger partial charge < -0.3 is 10.1 Å².